The number of rotatable bonds is 12. The van der Waals surface area contributed by atoms with E-state index in [4.69, 9.17) is 0 Å². The number of amidine groups is 1. The molecule has 0 N–H and O–H groups in total. The Hall–Kier alpha value is -0.725. The first kappa shape index (κ1) is 24.3. The van der Waals surface area contributed by atoms with Crippen molar-refractivity contribution in [1.29, 1.82) is 0 Å². The molecule has 3 heteroatoms. The third kappa shape index (κ3) is 9.85. The van der Waals surface area contributed by atoms with Gasteiger partial charge < -0.3 is 4.90 Å². The average Bonchev–Trinajstić information content (AvgIpc) is 2.73. The van der Waals surface area contributed by atoms with Gasteiger partial charge in [0.05, 0.1) is 6.54 Å². The molecular formula is C24H48BN2-. The maximum absolute atomic E-state index is 4.41. The Bertz CT molecular complexity index is 379. The SMILES string of the molecule is C1=CN2CCCCC2=NC1.CCCC[B-](CCCC)(CCCC)CCCC. The maximum atomic E-state index is 4.41. The first-order valence-corrected chi connectivity index (χ1v) is 12.4. The van der Waals surface area contributed by atoms with Crippen LogP contribution in [0.15, 0.2) is 17.3 Å². The molecule has 0 atom stereocenters. The lowest BCUT2D eigenvalue weighted by molar-refractivity contribution is 0.463. The van der Waals surface area contributed by atoms with E-state index in [0.717, 1.165) is 6.54 Å². The molecule has 0 bridgehead atoms. The molecule has 0 saturated carbocycles. The van der Waals surface area contributed by atoms with E-state index in [1.165, 1.54) is 83.0 Å². The first-order chi connectivity index (χ1) is 13.2. The molecule has 2 heterocycles. The maximum Gasteiger partial charge on any atom is 0.103 e. The van der Waals surface area contributed by atoms with Gasteiger partial charge in [0.1, 0.15) is 5.84 Å². The molecule has 0 aromatic heterocycles. The van der Waals surface area contributed by atoms with E-state index >= 15 is 0 Å². The number of piperidine rings is 1. The van der Waals surface area contributed by atoms with Crippen molar-refractivity contribution < 1.29 is 0 Å². The summed E-state index contributed by atoms with van der Waals surface area (Å²) in [6, 6.07) is 0. The summed E-state index contributed by atoms with van der Waals surface area (Å²) in [4.78, 5) is 6.68. The fourth-order valence-corrected chi connectivity index (χ4v) is 4.92. The van der Waals surface area contributed by atoms with Gasteiger partial charge in [0.15, 0.2) is 0 Å². The van der Waals surface area contributed by atoms with E-state index in [1.807, 2.05) is 0 Å². The van der Waals surface area contributed by atoms with Crippen molar-refractivity contribution in [2.45, 2.75) is 124 Å². The summed E-state index contributed by atoms with van der Waals surface area (Å²) in [6.07, 6.45) is 25.7. The fourth-order valence-electron chi connectivity index (χ4n) is 4.92. The van der Waals surface area contributed by atoms with Gasteiger partial charge in [-0.25, -0.2) is 0 Å². The van der Waals surface area contributed by atoms with Crippen molar-refractivity contribution in [2.75, 3.05) is 13.1 Å². The van der Waals surface area contributed by atoms with Crippen LogP contribution in [-0.2, 0) is 0 Å². The molecule has 1 saturated heterocycles. The van der Waals surface area contributed by atoms with Crippen LogP contribution in [0.1, 0.15) is 98.3 Å². The molecule has 2 aliphatic rings. The van der Waals surface area contributed by atoms with Crippen molar-refractivity contribution in [1.82, 2.24) is 4.90 Å². The zero-order chi connectivity index (χ0) is 19.8. The summed E-state index contributed by atoms with van der Waals surface area (Å²) in [5.74, 6) is 1.30. The van der Waals surface area contributed by atoms with Gasteiger partial charge in [-0.15, -0.1) is 0 Å². The van der Waals surface area contributed by atoms with Crippen LogP contribution in [0.3, 0.4) is 0 Å². The standard InChI is InChI=1S/C16H36B.C8H12N2/c1-5-9-13-17(14-10-6-2,15-11-7-3)16-12-8-4;1-2-6-10-7-3-5-9-8(10)4-1/h5-16H2,1-4H3;3,7H,1-2,4-6H2/q-1;. The smallest absolute Gasteiger partial charge is 0.103 e. The molecule has 0 unspecified atom stereocenters. The third-order valence-electron chi connectivity index (χ3n) is 6.73. The molecule has 27 heavy (non-hydrogen) atoms. The highest BCUT2D eigenvalue weighted by Gasteiger charge is 2.22. The molecule has 2 aliphatic heterocycles. The van der Waals surface area contributed by atoms with Gasteiger partial charge in [0.2, 0.25) is 0 Å². The van der Waals surface area contributed by atoms with Gasteiger partial charge >= 0.3 is 0 Å². The third-order valence-corrected chi connectivity index (χ3v) is 6.73. The molecule has 1 fully saturated rings. The summed E-state index contributed by atoms with van der Waals surface area (Å²) in [6.45, 7) is 11.5. The Balaban J connectivity index is 0.000000303. The van der Waals surface area contributed by atoms with Crippen LogP contribution in [0.5, 0.6) is 0 Å². The number of fused-ring (bicyclic) bond motifs is 1. The van der Waals surface area contributed by atoms with Crippen molar-refractivity contribution in [3.05, 3.63) is 12.3 Å². The molecule has 0 radical (unpaired) electrons. The predicted octanol–water partition coefficient (Wildman–Crippen LogP) is 8.03. The first-order valence-electron chi connectivity index (χ1n) is 12.4. The molecular weight excluding hydrogens is 327 g/mol. The molecule has 0 amide bonds. The van der Waals surface area contributed by atoms with Crippen LogP contribution in [-0.4, -0.2) is 30.0 Å². The average molecular weight is 375 g/mol. The Kier molecular flexibility index (Phi) is 13.7. The number of hydrogen-bond acceptors (Lipinski definition) is 2. The fraction of sp³-hybridized carbons (Fsp3) is 0.875. The largest absolute Gasteiger partial charge is 0.337 e. The quantitative estimate of drug-likeness (QED) is 0.315. The van der Waals surface area contributed by atoms with Gasteiger partial charge in [-0.2, -0.15) is 25.3 Å². The monoisotopic (exact) mass is 375 g/mol. The Labute approximate surface area is 171 Å². The molecule has 158 valence electrons. The van der Waals surface area contributed by atoms with Crippen molar-refractivity contribution in [2.24, 2.45) is 4.99 Å². The molecule has 0 spiro atoms. The van der Waals surface area contributed by atoms with Gasteiger partial charge in [0.25, 0.3) is 0 Å². The molecule has 0 aliphatic carbocycles. The highest BCUT2D eigenvalue weighted by molar-refractivity contribution is 6.79. The lowest BCUT2D eigenvalue weighted by Crippen LogP contribution is -2.33. The highest BCUT2D eigenvalue weighted by atomic mass is 15.2. The van der Waals surface area contributed by atoms with Crippen LogP contribution in [0.25, 0.3) is 0 Å². The summed E-state index contributed by atoms with van der Waals surface area (Å²) in [5.41, 5.74) is 0. The number of unbranched alkanes of at least 4 members (excludes halogenated alkanes) is 4. The summed E-state index contributed by atoms with van der Waals surface area (Å²) in [5, 5.41) is 0. The number of hydrogen-bond donors (Lipinski definition) is 0. The van der Waals surface area contributed by atoms with Crippen molar-refractivity contribution in [3.8, 4) is 0 Å². The molecule has 2 rings (SSSR count). The van der Waals surface area contributed by atoms with Gasteiger partial charge in [-0.3, -0.25) is 4.99 Å². The lowest BCUT2D eigenvalue weighted by Gasteiger charge is -2.40. The Morgan fingerprint density at radius 3 is 1.78 bits per heavy atom. The predicted molar refractivity (Wildman–Crippen MR) is 127 cm³/mol. The van der Waals surface area contributed by atoms with E-state index < -0.39 is 0 Å². The summed E-state index contributed by atoms with van der Waals surface area (Å²) in [7, 11) is 0. The van der Waals surface area contributed by atoms with E-state index in [-0.39, 0.29) is 6.15 Å². The zero-order valence-electron chi connectivity index (χ0n) is 19.1. The normalized spacial score (nSPS) is 16.4. The lowest BCUT2D eigenvalue weighted by atomic mass is 9.17. The van der Waals surface area contributed by atoms with Crippen LogP contribution in [0, 0.1) is 0 Å². The second kappa shape index (κ2) is 15.2. The summed E-state index contributed by atoms with van der Waals surface area (Å²) < 4.78 is 0. The van der Waals surface area contributed by atoms with E-state index in [1.54, 1.807) is 25.3 Å². The van der Waals surface area contributed by atoms with Crippen LogP contribution in [0.4, 0.5) is 0 Å². The van der Waals surface area contributed by atoms with Crippen molar-refractivity contribution in [3.63, 3.8) is 0 Å². The molecule has 2 nitrogen and oxygen atoms in total. The Morgan fingerprint density at radius 2 is 1.33 bits per heavy atom. The van der Waals surface area contributed by atoms with E-state index in [9.17, 15) is 0 Å². The van der Waals surface area contributed by atoms with Gasteiger partial charge in [-0.1, -0.05) is 79.1 Å². The summed E-state index contributed by atoms with van der Waals surface area (Å²) >= 11 is 0. The van der Waals surface area contributed by atoms with Gasteiger partial charge in [0, 0.05) is 25.3 Å². The zero-order valence-corrected chi connectivity index (χ0v) is 19.1. The Morgan fingerprint density at radius 1 is 0.815 bits per heavy atom. The van der Waals surface area contributed by atoms with Crippen LogP contribution >= 0.6 is 0 Å². The molecule has 0 aromatic carbocycles. The minimum atomic E-state index is -0.00722. The van der Waals surface area contributed by atoms with Gasteiger partial charge in [-0.05, 0) is 18.9 Å². The van der Waals surface area contributed by atoms with Crippen molar-refractivity contribution >= 4 is 12.0 Å². The highest BCUT2D eigenvalue weighted by Crippen LogP contribution is 2.33. The minimum Gasteiger partial charge on any atom is -0.337 e. The van der Waals surface area contributed by atoms with E-state index in [2.05, 4.69) is 49.9 Å². The second-order valence-corrected chi connectivity index (χ2v) is 9.09. The van der Waals surface area contributed by atoms with Crippen LogP contribution in [0.2, 0.25) is 25.3 Å². The number of aliphatic imine (C=N–C) groups is 1. The number of nitrogens with zero attached hydrogens (tertiary/aromatic N) is 2. The van der Waals surface area contributed by atoms with E-state index in [0.29, 0.717) is 0 Å². The molecule has 0 aromatic rings. The topological polar surface area (TPSA) is 15.6 Å². The minimum absolute atomic E-state index is 0.00722. The van der Waals surface area contributed by atoms with Crippen LogP contribution < -0.4 is 0 Å². The second-order valence-electron chi connectivity index (χ2n) is 9.09.